The number of piperidine rings is 1. The Labute approximate surface area is 202 Å². The molecule has 1 aliphatic rings. The second-order valence-corrected chi connectivity index (χ2v) is 8.28. The third-order valence-electron chi connectivity index (χ3n) is 5.41. The first-order chi connectivity index (χ1) is 16.5. The molecule has 8 nitrogen and oxygen atoms in total. The van der Waals surface area contributed by atoms with Gasteiger partial charge in [0, 0.05) is 30.5 Å². The minimum absolute atomic E-state index is 0.109. The van der Waals surface area contributed by atoms with Crippen molar-refractivity contribution in [3.8, 4) is 0 Å². The Balaban J connectivity index is 1.45. The lowest BCUT2D eigenvalue weighted by molar-refractivity contribution is -0.119. The Hall–Kier alpha value is -3.91. The Morgan fingerprint density at radius 1 is 0.941 bits per heavy atom. The van der Waals surface area contributed by atoms with E-state index in [4.69, 9.17) is 11.6 Å². The zero-order chi connectivity index (χ0) is 23.9. The Morgan fingerprint density at radius 3 is 2.38 bits per heavy atom. The quantitative estimate of drug-likeness (QED) is 0.476. The van der Waals surface area contributed by atoms with Crippen molar-refractivity contribution < 1.29 is 14.4 Å². The van der Waals surface area contributed by atoms with E-state index in [0.29, 0.717) is 35.1 Å². The van der Waals surface area contributed by atoms with Crippen LogP contribution in [-0.4, -0.2) is 29.4 Å². The van der Waals surface area contributed by atoms with Gasteiger partial charge in [-0.3, -0.25) is 14.9 Å². The van der Waals surface area contributed by atoms with Gasteiger partial charge in [0.25, 0.3) is 5.91 Å². The topological polar surface area (TPSA) is 103 Å². The van der Waals surface area contributed by atoms with Crippen LogP contribution < -0.4 is 20.9 Å². The molecule has 174 valence electrons. The van der Waals surface area contributed by atoms with Gasteiger partial charge in [-0.05, 0) is 54.8 Å². The number of hydrogen-bond acceptors (Lipinski definition) is 4. The van der Waals surface area contributed by atoms with Gasteiger partial charge >= 0.3 is 6.03 Å². The molecule has 1 aromatic heterocycles. The highest BCUT2D eigenvalue weighted by Gasteiger charge is 2.24. The first-order valence-corrected chi connectivity index (χ1v) is 11.3. The number of nitrogens with one attached hydrogen (secondary N) is 3. The molecule has 2 heterocycles. The summed E-state index contributed by atoms with van der Waals surface area (Å²) in [6, 6.07) is 17.7. The van der Waals surface area contributed by atoms with E-state index in [2.05, 4.69) is 20.9 Å². The minimum Gasteiger partial charge on any atom is -0.324 e. The molecule has 1 fully saturated rings. The van der Waals surface area contributed by atoms with Crippen LogP contribution in [0.15, 0.2) is 72.9 Å². The van der Waals surface area contributed by atoms with Gasteiger partial charge in [-0.1, -0.05) is 41.9 Å². The molecule has 0 spiro atoms. The van der Waals surface area contributed by atoms with Crippen LogP contribution in [-0.2, 0) is 9.59 Å². The van der Waals surface area contributed by atoms with Gasteiger partial charge in [-0.2, -0.15) is 0 Å². The summed E-state index contributed by atoms with van der Waals surface area (Å²) < 4.78 is 0. The van der Waals surface area contributed by atoms with E-state index in [1.807, 2.05) is 18.2 Å². The largest absolute Gasteiger partial charge is 0.324 e. The first kappa shape index (κ1) is 23.3. The number of carbonyl (C=O) groups excluding carboxylic acids is 3. The van der Waals surface area contributed by atoms with E-state index < -0.39 is 18.0 Å². The van der Waals surface area contributed by atoms with E-state index in [0.717, 1.165) is 18.5 Å². The number of pyridine rings is 1. The lowest BCUT2D eigenvalue weighted by Gasteiger charge is -2.27. The summed E-state index contributed by atoms with van der Waals surface area (Å²) in [7, 11) is 0. The zero-order valence-electron chi connectivity index (χ0n) is 18.3. The van der Waals surface area contributed by atoms with E-state index in [-0.39, 0.29) is 5.91 Å². The van der Waals surface area contributed by atoms with Crippen molar-refractivity contribution in [3.05, 3.63) is 83.5 Å². The van der Waals surface area contributed by atoms with Gasteiger partial charge in [-0.15, -0.1) is 0 Å². The lowest BCUT2D eigenvalue weighted by Crippen LogP contribution is -2.39. The summed E-state index contributed by atoms with van der Waals surface area (Å²) in [6.45, 7) is 0.697. The van der Waals surface area contributed by atoms with Crippen LogP contribution in [0.4, 0.5) is 22.0 Å². The average Bonchev–Trinajstić information content (AvgIpc) is 2.85. The summed E-state index contributed by atoms with van der Waals surface area (Å²) in [5, 5.41) is 8.58. The van der Waals surface area contributed by atoms with Crippen LogP contribution in [0.25, 0.3) is 0 Å². The van der Waals surface area contributed by atoms with E-state index in [1.165, 1.54) is 6.20 Å². The number of amides is 4. The van der Waals surface area contributed by atoms with Crippen LogP contribution in [0.3, 0.4) is 0 Å². The zero-order valence-corrected chi connectivity index (χ0v) is 19.1. The minimum atomic E-state index is -0.947. The summed E-state index contributed by atoms with van der Waals surface area (Å²) in [4.78, 5) is 43.7. The number of hydrogen-bond donors (Lipinski definition) is 3. The van der Waals surface area contributed by atoms with Crippen LogP contribution in [0, 0.1) is 0 Å². The van der Waals surface area contributed by atoms with Gasteiger partial charge in [0.2, 0.25) is 5.91 Å². The average molecular weight is 478 g/mol. The van der Waals surface area contributed by atoms with Gasteiger partial charge in [0.05, 0.1) is 5.02 Å². The fourth-order valence-corrected chi connectivity index (χ4v) is 3.81. The molecule has 4 amide bonds. The van der Waals surface area contributed by atoms with Crippen molar-refractivity contribution in [3.63, 3.8) is 0 Å². The molecule has 3 N–H and O–H groups in total. The maximum absolute atomic E-state index is 13.1. The third-order valence-corrected chi connectivity index (χ3v) is 5.63. The molecule has 9 heteroatoms. The van der Waals surface area contributed by atoms with Crippen molar-refractivity contribution in [2.75, 3.05) is 22.1 Å². The molecule has 4 rings (SSSR count). The number of halogens is 1. The van der Waals surface area contributed by atoms with Crippen LogP contribution in [0.5, 0.6) is 0 Å². The van der Waals surface area contributed by atoms with Crippen LogP contribution in [0.1, 0.15) is 30.9 Å². The van der Waals surface area contributed by atoms with Gasteiger partial charge in [-0.25, -0.2) is 9.78 Å². The molecule has 34 heavy (non-hydrogen) atoms. The maximum atomic E-state index is 13.1. The number of anilines is 3. The second kappa shape index (κ2) is 10.8. The van der Waals surface area contributed by atoms with E-state index >= 15 is 0 Å². The Bertz CT molecular complexity index is 1150. The number of rotatable bonds is 6. The second-order valence-electron chi connectivity index (χ2n) is 7.84. The van der Waals surface area contributed by atoms with Crippen LogP contribution >= 0.6 is 11.6 Å². The first-order valence-electron chi connectivity index (χ1n) is 10.9. The lowest BCUT2D eigenvalue weighted by atomic mass is 10.1. The predicted octanol–water partition coefficient (Wildman–Crippen LogP) is 4.75. The molecule has 1 saturated heterocycles. The number of aromatic nitrogens is 1. The molecule has 3 aromatic rings. The predicted molar refractivity (Wildman–Crippen MR) is 132 cm³/mol. The summed E-state index contributed by atoms with van der Waals surface area (Å²) in [5.74, 6) is 0.00162. The monoisotopic (exact) mass is 477 g/mol. The van der Waals surface area contributed by atoms with Crippen molar-refractivity contribution in [2.45, 2.75) is 25.3 Å². The highest BCUT2D eigenvalue weighted by Crippen LogP contribution is 2.24. The molecule has 0 bridgehead atoms. The molecule has 0 saturated carbocycles. The van der Waals surface area contributed by atoms with Crippen molar-refractivity contribution in [1.82, 2.24) is 10.3 Å². The van der Waals surface area contributed by atoms with E-state index in [1.54, 1.807) is 53.4 Å². The number of benzene rings is 2. The molecule has 1 unspecified atom stereocenters. The fraction of sp³-hybridized carbons (Fsp3) is 0.200. The molecule has 2 aromatic carbocycles. The highest BCUT2D eigenvalue weighted by atomic mass is 35.5. The smallest absolute Gasteiger partial charge is 0.321 e. The van der Waals surface area contributed by atoms with Gasteiger partial charge in [0.1, 0.15) is 11.9 Å². The number of nitrogens with zero attached hydrogens (tertiary/aromatic N) is 2. The summed E-state index contributed by atoms with van der Waals surface area (Å²) >= 11 is 5.83. The molecule has 0 radical (unpaired) electrons. The Morgan fingerprint density at radius 2 is 1.71 bits per heavy atom. The summed E-state index contributed by atoms with van der Waals surface area (Å²) in [5.41, 5.74) is 1.98. The molecule has 1 aliphatic heterocycles. The fourth-order valence-electron chi connectivity index (χ4n) is 3.70. The molecular weight excluding hydrogens is 454 g/mol. The normalized spacial score (nSPS) is 14.3. The SMILES string of the molecule is O=C(Nc1ccc(Cl)cn1)NC(C(=O)Nc1ccc(N2CCCCC2=O)cc1)c1ccccc1. The van der Waals surface area contributed by atoms with Gasteiger partial charge in [0.15, 0.2) is 0 Å². The standard InChI is InChI=1S/C25H24ClN5O3/c26-18-9-14-21(27-16-18)29-25(34)30-23(17-6-2-1-3-7-17)24(33)28-19-10-12-20(13-11-19)31-15-5-4-8-22(31)32/h1-3,6-7,9-14,16,23H,4-5,8,15H2,(H,28,33)(H2,27,29,30,34). The van der Waals surface area contributed by atoms with E-state index in [9.17, 15) is 14.4 Å². The number of carbonyl (C=O) groups is 3. The van der Waals surface area contributed by atoms with Crippen molar-refractivity contribution in [1.29, 1.82) is 0 Å². The van der Waals surface area contributed by atoms with Gasteiger partial charge < -0.3 is 15.5 Å². The molecular formula is C25H24ClN5O3. The Kier molecular flexibility index (Phi) is 7.39. The van der Waals surface area contributed by atoms with Crippen molar-refractivity contribution >= 4 is 46.6 Å². The molecule has 0 aliphatic carbocycles. The number of urea groups is 1. The van der Waals surface area contributed by atoms with Crippen molar-refractivity contribution in [2.24, 2.45) is 0 Å². The summed E-state index contributed by atoms with van der Waals surface area (Å²) in [6.07, 6.45) is 3.86. The highest BCUT2D eigenvalue weighted by molar-refractivity contribution is 6.30. The third kappa shape index (κ3) is 5.90. The maximum Gasteiger partial charge on any atom is 0.321 e. The van der Waals surface area contributed by atoms with Crippen LogP contribution in [0.2, 0.25) is 5.02 Å². The molecule has 1 atom stereocenters.